The maximum atomic E-state index is 9.59. The smallest absolute Gasteiger partial charge is 0.0626 e. The Morgan fingerprint density at radius 3 is 2.28 bits per heavy atom. The Morgan fingerprint density at radius 2 is 1.89 bits per heavy atom. The highest BCUT2D eigenvalue weighted by molar-refractivity contribution is 5.00. The molecule has 0 radical (unpaired) electrons. The van der Waals surface area contributed by atoms with E-state index in [4.69, 9.17) is 5.73 Å². The highest BCUT2D eigenvalue weighted by Gasteiger charge is 2.42. The molecule has 108 valence electrons. The van der Waals surface area contributed by atoms with Crippen molar-refractivity contribution >= 4 is 0 Å². The van der Waals surface area contributed by atoms with Crippen LogP contribution in [0.25, 0.3) is 0 Å². The average Bonchev–Trinajstić information content (AvgIpc) is 3.08. The maximum Gasteiger partial charge on any atom is 0.0626 e. The molecular formula is C14H31N3O. The quantitative estimate of drug-likeness (QED) is 0.635. The number of rotatable bonds is 9. The van der Waals surface area contributed by atoms with Crippen molar-refractivity contribution in [3.05, 3.63) is 0 Å². The number of aliphatic hydroxyl groups is 1. The second-order valence-electron chi connectivity index (χ2n) is 6.60. The summed E-state index contributed by atoms with van der Waals surface area (Å²) in [6.07, 6.45) is 2.36. The Kier molecular flexibility index (Phi) is 6.05. The van der Waals surface area contributed by atoms with E-state index in [0.29, 0.717) is 11.8 Å². The van der Waals surface area contributed by atoms with E-state index in [9.17, 15) is 5.11 Å². The summed E-state index contributed by atoms with van der Waals surface area (Å²) in [6, 6.07) is 0. The number of hydrogen-bond acceptors (Lipinski definition) is 4. The number of nitrogens with zero attached hydrogens (tertiary/aromatic N) is 2. The van der Waals surface area contributed by atoms with Gasteiger partial charge in [-0.25, -0.2) is 0 Å². The molecular weight excluding hydrogens is 226 g/mol. The van der Waals surface area contributed by atoms with Crippen LogP contribution < -0.4 is 5.73 Å². The zero-order valence-electron chi connectivity index (χ0n) is 12.5. The van der Waals surface area contributed by atoms with E-state index in [0.717, 1.165) is 26.2 Å². The summed E-state index contributed by atoms with van der Waals surface area (Å²) in [5, 5.41) is 9.59. The molecule has 0 bridgehead atoms. The van der Waals surface area contributed by atoms with Crippen LogP contribution in [0, 0.1) is 11.8 Å². The first kappa shape index (κ1) is 15.9. The van der Waals surface area contributed by atoms with Gasteiger partial charge in [-0.3, -0.25) is 4.90 Å². The summed E-state index contributed by atoms with van der Waals surface area (Å²) >= 11 is 0. The molecule has 1 aliphatic rings. The van der Waals surface area contributed by atoms with Gasteiger partial charge >= 0.3 is 0 Å². The summed E-state index contributed by atoms with van der Waals surface area (Å²) in [6.45, 7) is 8.51. The minimum absolute atomic E-state index is 0.105. The highest BCUT2D eigenvalue weighted by atomic mass is 16.3. The molecule has 1 rings (SSSR count). The lowest BCUT2D eigenvalue weighted by Crippen LogP contribution is -2.56. The summed E-state index contributed by atoms with van der Waals surface area (Å²) in [7, 11) is 4.19. The van der Waals surface area contributed by atoms with E-state index in [-0.39, 0.29) is 12.1 Å². The Labute approximate surface area is 112 Å². The molecule has 0 saturated heterocycles. The lowest BCUT2D eigenvalue weighted by atomic mass is 9.94. The molecule has 4 nitrogen and oxygen atoms in total. The monoisotopic (exact) mass is 257 g/mol. The summed E-state index contributed by atoms with van der Waals surface area (Å²) in [5.74, 6) is 1.16. The molecule has 0 aromatic rings. The number of hydrogen-bond donors (Lipinski definition) is 2. The van der Waals surface area contributed by atoms with E-state index in [1.165, 1.54) is 12.8 Å². The van der Waals surface area contributed by atoms with Crippen molar-refractivity contribution < 1.29 is 5.11 Å². The molecule has 3 N–H and O–H groups in total. The topological polar surface area (TPSA) is 52.7 Å². The molecule has 0 aliphatic heterocycles. The van der Waals surface area contributed by atoms with Crippen molar-refractivity contribution in [3.63, 3.8) is 0 Å². The number of likely N-dealkylation sites (N-methyl/N-ethyl adjacent to an activating group) is 1. The van der Waals surface area contributed by atoms with Gasteiger partial charge in [-0.15, -0.1) is 0 Å². The highest BCUT2D eigenvalue weighted by Crippen LogP contribution is 2.38. The largest absolute Gasteiger partial charge is 0.394 e. The molecule has 1 unspecified atom stereocenters. The van der Waals surface area contributed by atoms with Crippen molar-refractivity contribution in [2.45, 2.75) is 32.2 Å². The van der Waals surface area contributed by atoms with Gasteiger partial charge < -0.3 is 15.7 Å². The van der Waals surface area contributed by atoms with Crippen LogP contribution in [-0.2, 0) is 0 Å². The van der Waals surface area contributed by atoms with Crippen LogP contribution in [0.1, 0.15) is 26.7 Å². The SMILES string of the molecule is CC(C)CN(CCN(C)C)CC(N)(CO)C1CC1. The Morgan fingerprint density at radius 1 is 1.28 bits per heavy atom. The first-order chi connectivity index (χ1) is 8.37. The molecule has 0 aromatic carbocycles. The Hall–Kier alpha value is -0.160. The third kappa shape index (κ3) is 5.22. The first-order valence-electron chi connectivity index (χ1n) is 7.14. The number of nitrogens with two attached hydrogens (primary N) is 1. The van der Waals surface area contributed by atoms with Gasteiger partial charge in [0, 0.05) is 26.2 Å². The lowest BCUT2D eigenvalue weighted by Gasteiger charge is -2.35. The third-order valence-corrected chi connectivity index (χ3v) is 3.69. The van der Waals surface area contributed by atoms with E-state index < -0.39 is 0 Å². The summed E-state index contributed by atoms with van der Waals surface area (Å²) in [5.41, 5.74) is 5.99. The summed E-state index contributed by atoms with van der Waals surface area (Å²) < 4.78 is 0. The van der Waals surface area contributed by atoms with E-state index in [1.807, 2.05) is 0 Å². The van der Waals surface area contributed by atoms with Crippen molar-refractivity contribution in [1.29, 1.82) is 0 Å². The van der Waals surface area contributed by atoms with Crippen LogP contribution in [0.4, 0.5) is 0 Å². The van der Waals surface area contributed by atoms with Crippen molar-refractivity contribution in [2.24, 2.45) is 17.6 Å². The van der Waals surface area contributed by atoms with Crippen molar-refractivity contribution in [3.8, 4) is 0 Å². The Balaban J connectivity index is 2.52. The zero-order chi connectivity index (χ0) is 13.8. The molecule has 0 aromatic heterocycles. The van der Waals surface area contributed by atoms with Crippen molar-refractivity contribution in [1.82, 2.24) is 9.80 Å². The number of aliphatic hydroxyl groups excluding tert-OH is 1. The van der Waals surface area contributed by atoms with Gasteiger partial charge in [0.1, 0.15) is 0 Å². The molecule has 1 fully saturated rings. The van der Waals surface area contributed by atoms with Gasteiger partial charge in [-0.2, -0.15) is 0 Å². The van der Waals surface area contributed by atoms with Gasteiger partial charge in [0.25, 0.3) is 0 Å². The maximum absolute atomic E-state index is 9.59. The molecule has 4 heteroatoms. The van der Waals surface area contributed by atoms with Gasteiger partial charge in [-0.05, 0) is 38.8 Å². The molecule has 1 saturated carbocycles. The molecule has 18 heavy (non-hydrogen) atoms. The second kappa shape index (κ2) is 6.85. The minimum atomic E-state index is -0.388. The van der Waals surface area contributed by atoms with Crippen LogP contribution in [0.5, 0.6) is 0 Å². The van der Waals surface area contributed by atoms with Gasteiger partial charge in [0.05, 0.1) is 12.1 Å². The molecule has 0 heterocycles. The van der Waals surface area contributed by atoms with Gasteiger partial charge in [0.2, 0.25) is 0 Å². The predicted octanol–water partition coefficient (Wildman–Crippen LogP) is 0.606. The van der Waals surface area contributed by atoms with Crippen LogP contribution in [0.3, 0.4) is 0 Å². The van der Waals surface area contributed by atoms with Crippen LogP contribution >= 0.6 is 0 Å². The fourth-order valence-corrected chi connectivity index (χ4v) is 2.48. The van der Waals surface area contributed by atoms with Crippen molar-refractivity contribution in [2.75, 3.05) is 46.9 Å². The summed E-state index contributed by atoms with van der Waals surface area (Å²) in [4.78, 5) is 4.61. The van der Waals surface area contributed by atoms with Gasteiger partial charge in [0.15, 0.2) is 0 Å². The standard InChI is InChI=1S/C14H31N3O/c1-12(2)9-17(8-7-16(3)4)10-14(15,11-18)13-5-6-13/h12-13,18H,5-11,15H2,1-4H3. The van der Waals surface area contributed by atoms with Crippen LogP contribution in [0.15, 0.2) is 0 Å². The first-order valence-corrected chi connectivity index (χ1v) is 7.14. The van der Waals surface area contributed by atoms with E-state index >= 15 is 0 Å². The molecule has 0 spiro atoms. The van der Waals surface area contributed by atoms with Gasteiger partial charge in [-0.1, -0.05) is 13.8 Å². The normalized spacial score (nSPS) is 19.8. The predicted molar refractivity (Wildman–Crippen MR) is 76.6 cm³/mol. The third-order valence-electron chi connectivity index (χ3n) is 3.69. The van der Waals surface area contributed by atoms with E-state index in [1.54, 1.807) is 0 Å². The van der Waals surface area contributed by atoms with Crippen LogP contribution in [-0.4, -0.2) is 67.3 Å². The van der Waals surface area contributed by atoms with E-state index in [2.05, 4.69) is 37.7 Å². The lowest BCUT2D eigenvalue weighted by molar-refractivity contribution is 0.109. The molecule has 1 aliphatic carbocycles. The molecule has 0 amide bonds. The molecule has 1 atom stereocenters. The zero-order valence-corrected chi connectivity index (χ0v) is 12.5. The second-order valence-corrected chi connectivity index (χ2v) is 6.60. The fraction of sp³-hybridized carbons (Fsp3) is 1.00. The Bertz CT molecular complexity index is 241. The minimum Gasteiger partial charge on any atom is -0.394 e. The van der Waals surface area contributed by atoms with Crippen LogP contribution in [0.2, 0.25) is 0 Å². The fourth-order valence-electron chi connectivity index (χ4n) is 2.48. The average molecular weight is 257 g/mol.